The standard InChI is InChI=1S/C12H14N2O3S/c13-6-12(16)2-1-3-18-10-5-9-8(4-7(10)12)14-11(15)17-9/h4-5,16H,1-3,6,13H2,(H,14,15). The molecule has 0 bridgehead atoms. The maximum absolute atomic E-state index is 11.2. The van der Waals surface area contributed by atoms with Crippen LogP contribution in [0.2, 0.25) is 0 Å². The van der Waals surface area contributed by atoms with Crippen LogP contribution in [0.15, 0.2) is 26.2 Å². The first-order valence-corrected chi connectivity index (χ1v) is 6.83. The summed E-state index contributed by atoms with van der Waals surface area (Å²) in [6, 6.07) is 3.58. The average molecular weight is 266 g/mol. The summed E-state index contributed by atoms with van der Waals surface area (Å²) in [5.74, 6) is 0.446. The molecular weight excluding hydrogens is 252 g/mol. The van der Waals surface area contributed by atoms with E-state index in [2.05, 4.69) is 4.98 Å². The van der Waals surface area contributed by atoms with Crippen molar-refractivity contribution in [2.75, 3.05) is 12.3 Å². The Balaban J connectivity index is 2.27. The van der Waals surface area contributed by atoms with Gasteiger partial charge in [-0.05, 0) is 30.7 Å². The molecule has 96 valence electrons. The predicted molar refractivity (Wildman–Crippen MR) is 69.7 cm³/mol. The minimum absolute atomic E-state index is 0.175. The van der Waals surface area contributed by atoms with Crippen LogP contribution in [-0.2, 0) is 5.60 Å². The Morgan fingerprint density at radius 3 is 3.17 bits per heavy atom. The first kappa shape index (κ1) is 11.8. The largest absolute Gasteiger partial charge is 0.417 e. The van der Waals surface area contributed by atoms with Crippen LogP contribution in [0.4, 0.5) is 0 Å². The van der Waals surface area contributed by atoms with Gasteiger partial charge >= 0.3 is 5.76 Å². The van der Waals surface area contributed by atoms with E-state index in [1.54, 1.807) is 23.9 Å². The monoisotopic (exact) mass is 266 g/mol. The van der Waals surface area contributed by atoms with Gasteiger partial charge in [0.1, 0.15) is 5.60 Å². The maximum Gasteiger partial charge on any atom is 0.417 e. The van der Waals surface area contributed by atoms with Gasteiger partial charge in [-0.15, -0.1) is 11.8 Å². The summed E-state index contributed by atoms with van der Waals surface area (Å²) in [6.45, 7) is 0.175. The first-order chi connectivity index (χ1) is 8.62. The normalized spacial score (nSPS) is 23.9. The number of H-pyrrole nitrogens is 1. The van der Waals surface area contributed by atoms with E-state index >= 15 is 0 Å². The molecule has 1 aliphatic rings. The fraction of sp³-hybridized carbons (Fsp3) is 0.417. The number of nitrogens with one attached hydrogen (secondary N) is 1. The molecule has 2 aromatic rings. The summed E-state index contributed by atoms with van der Waals surface area (Å²) in [4.78, 5) is 14.7. The molecule has 1 atom stereocenters. The molecule has 0 spiro atoms. The van der Waals surface area contributed by atoms with Crippen molar-refractivity contribution < 1.29 is 9.52 Å². The molecule has 1 aromatic carbocycles. The topological polar surface area (TPSA) is 92.2 Å². The summed E-state index contributed by atoms with van der Waals surface area (Å²) >= 11 is 1.66. The van der Waals surface area contributed by atoms with E-state index in [4.69, 9.17) is 10.2 Å². The molecule has 6 heteroatoms. The van der Waals surface area contributed by atoms with Gasteiger partial charge in [-0.2, -0.15) is 0 Å². The highest BCUT2D eigenvalue weighted by Gasteiger charge is 2.32. The fourth-order valence-electron chi connectivity index (χ4n) is 2.36. The lowest BCUT2D eigenvalue weighted by Gasteiger charge is -2.26. The van der Waals surface area contributed by atoms with Gasteiger partial charge in [-0.1, -0.05) is 0 Å². The van der Waals surface area contributed by atoms with Crippen LogP contribution in [0.3, 0.4) is 0 Å². The van der Waals surface area contributed by atoms with E-state index in [0.29, 0.717) is 17.5 Å². The summed E-state index contributed by atoms with van der Waals surface area (Å²) in [7, 11) is 0. The second kappa shape index (κ2) is 4.15. The van der Waals surface area contributed by atoms with Crippen molar-refractivity contribution in [3.8, 4) is 0 Å². The second-order valence-corrected chi connectivity index (χ2v) is 5.68. The third-order valence-electron chi connectivity index (χ3n) is 3.35. The third kappa shape index (κ3) is 1.77. The van der Waals surface area contributed by atoms with Crippen molar-refractivity contribution in [2.45, 2.75) is 23.3 Å². The van der Waals surface area contributed by atoms with Gasteiger partial charge in [-0.3, -0.25) is 4.98 Å². The third-order valence-corrected chi connectivity index (χ3v) is 4.49. The molecule has 0 fully saturated rings. The van der Waals surface area contributed by atoms with E-state index in [9.17, 15) is 9.90 Å². The molecule has 18 heavy (non-hydrogen) atoms. The van der Waals surface area contributed by atoms with Gasteiger partial charge in [-0.25, -0.2) is 4.79 Å². The zero-order chi connectivity index (χ0) is 12.8. The van der Waals surface area contributed by atoms with Gasteiger partial charge < -0.3 is 15.3 Å². The van der Waals surface area contributed by atoms with Crippen molar-refractivity contribution in [2.24, 2.45) is 5.73 Å². The molecule has 1 aromatic heterocycles. The minimum atomic E-state index is -1.01. The van der Waals surface area contributed by atoms with E-state index in [1.165, 1.54) is 0 Å². The average Bonchev–Trinajstić information content (AvgIpc) is 2.64. The summed E-state index contributed by atoms with van der Waals surface area (Å²) in [6.07, 6.45) is 1.54. The van der Waals surface area contributed by atoms with E-state index < -0.39 is 11.4 Å². The number of nitrogens with two attached hydrogens (primary N) is 1. The molecule has 0 radical (unpaired) electrons. The lowest BCUT2D eigenvalue weighted by Crippen LogP contribution is -2.34. The highest BCUT2D eigenvalue weighted by Crippen LogP contribution is 2.39. The van der Waals surface area contributed by atoms with E-state index in [1.807, 2.05) is 0 Å². The molecule has 0 saturated heterocycles. The SMILES string of the molecule is NCC1(O)CCCSc2cc3oc(=O)[nH]c3cc21. The molecule has 0 amide bonds. The lowest BCUT2D eigenvalue weighted by molar-refractivity contribution is 0.0346. The highest BCUT2D eigenvalue weighted by atomic mass is 32.2. The van der Waals surface area contributed by atoms with Crippen molar-refractivity contribution >= 4 is 22.9 Å². The molecule has 1 aliphatic heterocycles. The second-order valence-electron chi connectivity index (χ2n) is 4.55. The molecule has 2 heterocycles. The van der Waals surface area contributed by atoms with Crippen molar-refractivity contribution in [3.63, 3.8) is 0 Å². The predicted octanol–water partition coefficient (Wildman–Crippen LogP) is 1.15. The number of thioether (sulfide) groups is 1. The van der Waals surface area contributed by atoms with Gasteiger partial charge in [0.25, 0.3) is 0 Å². The number of hydrogen-bond acceptors (Lipinski definition) is 5. The highest BCUT2D eigenvalue weighted by molar-refractivity contribution is 7.99. The Hall–Kier alpha value is -1.24. The quantitative estimate of drug-likeness (QED) is 0.720. The van der Waals surface area contributed by atoms with Crippen LogP contribution < -0.4 is 11.5 Å². The Morgan fingerprint density at radius 2 is 2.39 bits per heavy atom. The Morgan fingerprint density at radius 1 is 1.56 bits per heavy atom. The molecule has 3 rings (SSSR count). The van der Waals surface area contributed by atoms with E-state index in [-0.39, 0.29) is 6.54 Å². The Kier molecular flexibility index (Phi) is 2.73. The van der Waals surface area contributed by atoms with Crippen LogP contribution in [0.5, 0.6) is 0 Å². The number of aromatic nitrogens is 1. The van der Waals surface area contributed by atoms with Crippen LogP contribution in [0, 0.1) is 0 Å². The van der Waals surface area contributed by atoms with Gasteiger partial charge in [0, 0.05) is 17.0 Å². The number of oxazole rings is 1. The number of aromatic amines is 1. The number of fused-ring (bicyclic) bond motifs is 2. The van der Waals surface area contributed by atoms with E-state index in [0.717, 1.165) is 22.6 Å². The van der Waals surface area contributed by atoms with Crippen molar-refractivity contribution in [1.29, 1.82) is 0 Å². The Bertz CT molecular complexity index is 648. The van der Waals surface area contributed by atoms with Gasteiger partial charge in [0.05, 0.1) is 5.52 Å². The van der Waals surface area contributed by atoms with Crippen LogP contribution in [0.1, 0.15) is 18.4 Å². The molecule has 0 aliphatic carbocycles. The van der Waals surface area contributed by atoms with Gasteiger partial charge in [0.2, 0.25) is 0 Å². The number of hydrogen-bond donors (Lipinski definition) is 3. The summed E-state index contributed by atoms with van der Waals surface area (Å²) in [5.41, 5.74) is 6.62. The van der Waals surface area contributed by atoms with Crippen molar-refractivity contribution in [3.05, 3.63) is 28.2 Å². The lowest BCUT2D eigenvalue weighted by atomic mass is 9.89. The summed E-state index contributed by atoms with van der Waals surface area (Å²) < 4.78 is 5.04. The number of rotatable bonds is 1. The smallest absolute Gasteiger partial charge is 0.408 e. The maximum atomic E-state index is 11.2. The first-order valence-electron chi connectivity index (χ1n) is 5.85. The zero-order valence-electron chi connectivity index (χ0n) is 9.73. The zero-order valence-corrected chi connectivity index (χ0v) is 10.5. The minimum Gasteiger partial charge on any atom is -0.408 e. The number of aliphatic hydroxyl groups is 1. The molecule has 5 nitrogen and oxygen atoms in total. The van der Waals surface area contributed by atoms with Crippen molar-refractivity contribution in [1.82, 2.24) is 4.98 Å². The molecule has 0 saturated carbocycles. The van der Waals surface area contributed by atoms with Crippen LogP contribution >= 0.6 is 11.8 Å². The molecule has 1 unspecified atom stereocenters. The van der Waals surface area contributed by atoms with Crippen LogP contribution in [-0.4, -0.2) is 22.4 Å². The fourth-order valence-corrected chi connectivity index (χ4v) is 3.46. The van der Waals surface area contributed by atoms with Crippen LogP contribution in [0.25, 0.3) is 11.1 Å². The molecular formula is C12H14N2O3S. The number of benzene rings is 1. The summed E-state index contributed by atoms with van der Waals surface area (Å²) in [5, 5.41) is 10.6. The van der Waals surface area contributed by atoms with Gasteiger partial charge in [0.15, 0.2) is 5.58 Å². The molecule has 4 N–H and O–H groups in total. The Labute approximate surface area is 107 Å².